The Bertz CT molecular complexity index is 756. The standard InChI is InChI=1S/C12H12N6O4/c19-17(20)8-3-4-9(10(6-8)18(21)22)13-7-12-15-14-11-2-1-5-16(11)12/h3-4,6,13H,1-2,5,7H2. The van der Waals surface area contributed by atoms with Gasteiger partial charge in [0.2, 0.25) is 0 Å². The second kappa shape index (κ2) is 5.39. The minimum atomic E-state index is -0.665. The fourth-order valence-corrected chi connectivity index (χ4v) is 2.45. The van der Waals surface area contributed by atoms with Crippen LogP contribution in [0.25, 0.3) is 0 Å². The Morgan fingerprint density at radius 2 is 2.05 bits per heavy atom. The van der Waals surface area contributed by atoms with Crippen molar-refractivity contribution in [3.63, 3.8) is 0 Å². The minimum Gasteiger partial charge on any atom is -0.372 e. The van der Waals surface area contributed by atoms with E-state index in [2.05, 4.69) is 15.5 Å². The highest BCUT2D eigenvalue weighted by Gasteiger charge is 2.21. The Balaban J connectivity index is 1.82. The summed E-state index contributed by atoms with van der Waals surface area (Å²) in [5.74, 6) is 1.61. The Morgan fingerprint density at radius 1 is 1.23 bits per heavy atom. The highest BCUT2D eigenvalue weighted by atomic mass is 16.6. The van der Waals surface area contributed by atoms with Crippen LogP contribution in [0.1, 0.15) is 18.1 Å². The van der Waals surface area contributed by atoms with Crippen LogP contribution in [0.3, 0.4) is 0 Å². The number of anilines is 1. The quantitative estimate of drug-likeness (QED) is 0.656. The minimum absolute atomic E-state index is 0.214. The van der Waals surface area contributed by atoms with E-state index in [-0.39, 0.29) is 23.6 Å². The van der Waals surface area contributed by atoms with Gasteiger partial charge in [0, 0.05) is 19.0 Å². The molecule has 0 saturated carbocycles. The first-order valence-corrected chi connectivity index (χ1v) is 6.64. The van der Waals surface area contributed by atoms with Gasteiger partial charge in [0.25, 0.3) is 11.4 Å². The highest BCUT2D eigenvalue weighted by molar-refractivity contribution is 5.65. The summed E-state index contributed by atoms with van der Waals surface area (Å²) in [6.45, 7) is 1.10. The molecule has 1 N–H and O–H groups in total. The molecule has 1 aromatic heterocycles. The van der Waals surface area contributed by atoms with Crippen molar-refractivity contribution in [3.05, 3.63) is 50.1 Å². The van der Waals surface area contributed by atoms with E-state index in [0.717, 1.165) is 31.3 Å². The number of aryl methyl sites for hydroxylation is 1. The van der Waals surface area contributed by atoms with Gasteiger partial charge in [0.15, 0.2) is 5.82 Å². The molecule has 1 aliphatic rings. The first-order valence-electron chi connectivity index (χ1n) is 6.64. The molecule has 10 nitrogen and oxygen atoms in total. The first kappa shape index (κ1) is 13.9. The molecular weight excluding hydrogens is 292 g/mol. The third-order valence-corrected chi connectivity index (χ3v) is 3.51. The molecule has 1 aliphatic heterocycles. The van der Waals surface area contributed by atoms with Gasteiger partial charge in [-0.1, -0.05) is 0 Å². The Hall–Kier alpha value is -3.04. The van der Waals surface area contributed by atoms with Gasteiger partial charge in [-0.15, -0.1) is 10.2 Å². The van der Waals surface area contributed by atoms with E-state index in [1.54, 1.807) is 0 Å². The van der Waals surface area contributed by atoms with E-state index in [9.17, 15) is 20.2 Å². The van der Waals surface area contributed by atoms with Crippen LogP contribution < -0.4 is 5.32 Å². The van der Waals surface area contributed by atoms with Gasteiger partial charge < -0.3 is 9.88 Å². The van der Waals surface area contributed by atoms with Gasteiger partial charge in [-0.25, -0.2) is 0 Å². The summed E-state index contributed by atoms with van der Waals surface area (Å²) in [5.41, 5.74) is -0.443. The van der Waals surface area contributed by atoms with Crippen molar-refractivity contribution < 1.29 is 9.85 Å². The zero-order valence-corrected chi connectivity index (χ0v) is 11.4. The van der Waals surface area contributed by atoms with Gasteiger partial charge >= 0.3 is 0 Å². The zero-order chi connectivity index (χ0) is 15.7. The number of nitrogens with one attached hydrogen (secondary N) is 1. The number of fused-ring (bicyclic) bond motifs is 1. The number of aromatic nitrogens is 3. The lowest BCUT2D eigenvalue weighted by molar-refractivity contribution is -0.393. The number of hydrogen-bond acceptors (Lipinski definition) is 7. The summed E-state index contributed by atoms with van der Waals surface area (Å²) in [4.78, 5) is 20.4. The summed E-state index contributed by atoms with van der Waals surface area (Å²) < 4.78 is 1.98. The SMILES string of the molecule is O=[N+]([O-])c1ccc(NCc2nnc3n2CCC3)c([N+](=O)[O-])c1. The van der Waals surface area contributed by atoms with Crippen molar-refractivity contribution in [2.24, 2.45) is 0 Å². The summed E-state index contributed by atoms with van der Waals surface area (Å²) >= 11 is 0. The number of hydrogen-bond donors (Lipinski definition) is 1. The second-order valence-electron chi connectivity index (χ2n) is 4.86. The van der Waals surface area contributed by atoms with Crippen molar-refractivity contribution in [1.29, 1.82) is 0 Å². The summed E-state index contributed by atoms with van der Waals surface area (Å²) in [5, 5.41) is 32.8. The van der Waals surface area contributed by atoms with Crippen LogP contribution in [-0.4, -0.2) is 24.6 Å². The molecule has 0 atom stereocenters. The third-order valence-electron chi connectivity index (χ3n) is 3.51. The zero-order valence-electron chi connectivity index (χ0n) is 11.4. The molecular formula is C12H12N6O4. The van der Waals surface area contributed by atoms with Gasteiger partial charge in [-0.05, 0) is 12.5 Å². The van der Waals surface area contributed by atoms with Crippen molar-refractivity contribution in [1.82, 2.24) is 14.8 Å². The lowest BCUT2D eigenvalue weighted by Gasteiger charge is -2.07. The maximum Gasteiger partial charge on any atom is 0.299 e. The van der Waals surface area contributed by atoms with Gasteiger partial charge in [-0.3, -0.25) is 20.2 Å². The fourth-order valence-electron chi connectivity index (χ4n) is 2.45. The van der Waals surface area contributed by atoms with Crippen LogP contribution in [0.5, 0.6) is 0 Å². The van der Waals surface area contributed by atoms with E-state index < -0.39 is 9.85 Å². The van der Waals surface area contributed by atoms with E-state index in [0.29, 0.717) is 5.82 Å². The molecule has 2 aromatic rings. The molecule has 0 unspecified atom stereocenters. The molecule has 0 saturated heterocycles. The monoisotopic (exact) mass is 304 g/mol. The third kappa shape index (κ3) is 2.45. The Labute approximate surface area is 124 Å². The van der Waals surface area contributed by atoms with Crippen LogP contribution in [-0.2, 0) is 19.5 Å². The average molecular weight is 304 g/mol. The molecule has 1 aromatic carbocycles. The number of nitro groups is 2. The Morgan fingerprint density at radius 3 is 2.77 bits per heavy atom. The lowest BCUT2D eigenvalue weighted by atomic mass is 10.2. The van der Waals surface area contributed by atoms with Crippen LogP contribution in [0.2, 0.25) is 0 Å². The smallest absolute Gasteiger partial charge is 0.299 e. The van der Waals surface area contributed by atoms with Crippen molar-refractivity contribution in [2.45, 2.75) is 25.9 Å². The van der Waals surface area contributed by atoms with Crippen molar-refractivity contribution >= 4 is 17.1 Å². The number of non-ortho nitro benzene ring substituents is 1. The maximum absolute atomic E-state index is 11.1. The summed E-state index contributed by atoms with van der Waals surface area (Å²) in [7, 11) is 0. The number of nitro benzene ring substituents is 2. The van der Waals surface area contributed by atoms with Crippen molar-refractivity contribution in [3.8, 4) is 0 Å². The molecule has 0 amide bonds. The Kier molecular flexibility index (Phi) is 3.41. The molecule has 10 heteroatoms. The van der Waals surface area contributed by atoms with Crippen molar-refractivity contribution in [2.75, 3.05) is 5.32 Å². The molecule has 0 bridgehead atoms. The molecule has 0 fully saturated rings. The van der Waals surface area contributed by atoms with E-state index in [1.807, 2.05) is 4.57 Å². The van der Waals surface area contributed by atoms with Crippen LogP contribution in [0, 0.1) is 20.2 Å². The maximum atomic E-state index is 11.1. The lowest BCUT2D eigenvalue weighted by Crippen LogP contribution is -2.09. The van der Waals surface area contributed by atoms with Gasteiger partial charge in [0.05, 0.1) is 22.5 Å². The predicted molar refractivity (Wildman–Crippen MR) is 75.4 cm³/mol. The average Bonchev–Trinajstić information content (AvgIpc) is 3.08. The molecule has 0 aliphatic carbocycles. The number of rotatable bonds is 5. The molecule has 22 heavy (non-hydrogen) atoms. The molecule has 3 rings (SSSR count). The predicted octanol–water partition coefficient (Wildman–Crippen LogP) is 1.65. The molecule has 0 spiro atoms. The number of nitrogens with zero attached hydrogens (tertiary/aromatic N) is 5. The second-order valence-corrected chi connectivity index (χ2v) is 4.86. The van der Waals surface area contributed by atoms with Crippen LogP contribution in [0.15, 0.2) is 18.2 Å². The highest BCUT2D eigenvalue weighted by Crippen LogP contribution is 2.29. The van der Waals surface area contributed by atoms with E-state index in [4.69, 9.17) is 0 Å². The summed E-state index contributed by atoms with van der Waals surface area (Å²) in [6, 6.07) is 3.50. The normalized spacial score (nSPS) is 12.9. The molecule has 0 radical (unpaired) electrons. The molecule has 2 heterocycles. The van der Waals surface area contributed by atoms with Crippen LogP contribution in [0.4, 0.5) is 17.1 Å². The molecule has 114 valence electrons. The van der Waals surface area contributed by atoms with E-state index >= 15 is 0 Å². The topological polar surface area (TPSA) is 129 Å². The number of benzene rings is 1. The van der Waals surface area contributed by atoms with E-state index in [1.165, 1.54) is 12.1 Å². The first-order chi connectivity index (χ1) is 10.6. The van der Waals surface area contributed by atoms with Crippen LogP contribution >= 0.6 is 0 Å². The van der Waals surface area contributed by atoms with Gasteiger partial charge in [0.1, 0.15) is 11.5 Å². The largest absolute Gasteiger partial charge is 0.372 e. The van der Waals surface area contributed by atoms with Gasteiger partial charge in [-0.2, -0.15) is 0 Å². The summed E-state index contributed by atoms with van der Waals surface area (Å²) in [6.07, 6.45) is 1.89. The fraction of sp³-hybridized carbons (Fsp3) is 0.333.